The number of carbonyl (C=O) groups is 3. The van der Waals surface area contributed by atoms with Crippen LogP contribution < -0.4 is 16.0 Å². The molecule has 1 unspecified atom stereocenters. The molecule has 0 aliphatic rings. The van der Waals surface area contributed by atoms with Crippen molar-refractivity contribution in [1.29, 1.82) is 0 Å². The monoisotopic (exact) mass is 636 g/mol. The van der Waals surface area contributed by atoms with E-state index in [9.17, 15) is 14.4 Å². The highest BCUT2D eigenvalue weighted by Gasteiger charge is 2.19. The summed E-state index contributed by atoms with van der Waals surface area (Å²) in [7, 11) is 1.62. The van der Waals surface area contributed by atoms with Crippen LogP contribution in [0, 0.1) is 0 Å². The first-order chi connectivity index (χ1) is 22.0. The Labute approximate surface area is 280 Å². The summed E-state index contributed by atoms with van der Waals surface area (Å²) in [4.78, 5) is 37.0. The predicted octanol–water partition coefficient (Wildman–Crippen LogP) is 10.5. The molecule has 45 heavy (non-hydrogen) atoms. The lowest BCUT2D eigenvalue weighted by molar-refractivity contribution is -0.129. The number of carbonyl (C=O) groups excluding carboxylic acids is 3. The second kappa shape index (κ2) is 35.3. The molecule has 0 saturated heterocycles. The van der Waals surface area contributed by atoms with Gasteiger partial charge in [0, 0.05) is 26.4 Å². The van der Waals surface area contributed by atoms with Crippen molar-refractivity contribution in [3.8, 4) is 0 Å². The van der Waals surface area contributed by atoms with Gasteiger partial charge in [-0.15, -0.1) is 0 Å². The summed E-state index contributed by atoms with van der Waals surface area (Å²) >= 11 is 0. The van der Waals surface area contributed by atoms with Crippen LogP contribution in [0.2, 0.25) is 0 Å². The Hall–Kier alpha value is -1.59. The Kier molecular flexibility index (Phi) is 34.0. The van der Waals surface area contributed by atoms with Gasteiger partial charge in [-0.05, 0) is 32.1 Å². The average Bonchev–Trinajstić information content (AvgIpc) is 3.04. The quantitative estimate of drug-likeness (QED) is 0.0606. The zero-order valence-electron chi connectivity index (χ0n) is 30.4. The van der Waals surface area contributed by atoms with Gasteiger partial charge in [-0.25, -0.2) is 0 Å². The molecule has 3 amide bonds. The van der Waals surface area contributed by atoms with Gasteiger partial charge in [-0.1, -0.05) is 168 Å². The lowest BCUT2D eigenvalue weighted by atomic mass is 10.0. The maximum Gasteiger partial charge on any atom is 0.242 e. The summed E-state index contributed by atoms with van der Waals surface area (Å²) in [6, 6.07) is -0.494. The van der Waals surface area contributed by atoms with E-state index in [0.717, 1.165) is 38.5 Å². The molecule has 0 aromatic heterocycles. The number of hydrogen-bond donors (Lipinski definition) is 3. The molecule has 1 atom stereocenters. The Morgan fingerprint density at radius 3 is 1.18 bits per heavy atom. The largest absolute Gasteiger partial charge is 0.357 e. The van der Waals surface area contributed by atoms with Crippen LogP contribution in [0.3, 0.4) is 0 Å². The molecular weight excluding hydrogens is 558 g/mol. The smallest absolute Gasteiger partial charge is 0.242 e. The molecule has 0 radical (unpaired) electrons. The summed E-state index contributed by atoms with van der Waals surface area (Å²) in [5, 5.41) is 8.65. The third-order valence-corrected chi connectivity index (χ3v) is 9.15. The molecule has 0 spiro atoms. The molecule has 6 heteroatoms. The van der Waals surface area contributed by atoms with Crippen LogP contribution in [0.1, 0.15) is 213 Å². The van der Waals surface area contributed by atoms with Gasteiger partial charge in [0.25, 0.3) is 0 Å². The Morgan fingerprint density at radius 2 is 0.800 bits per heavy atom. The second-order valence-corrected chi connectivity index (χ2v) is 13.6. The van der Waals surface area contributed by atoms with E-state index in [1.807, 2.05) is 0 Å². The van der Waals surface area contributed by atoms with E-state index in [2.05, 4.69) is 29.8 Å². The van der Waals surface area contributed by atoms with Crippen LogP contribution >= 0.6 is 0 Å². The summed E-state index contributed by atoms with van der Waals surface area (Å²) in [5.74, 6) is -0.0371. The highest BCUT2D eigenvalue weighted by atomic mass is 16.2. The summed E-state index contributed by atoms with van der Waals surface area (Å²) in [6.07, 6.45) is 37.0. The summed E-state index contributed by atoms with van der Waals surface area (Å²) in [5.41, 5.74) is 0. The first-order valence-corrected chi connectivity index (χ1v) is 19.8. The number of amides is 3. The first kappa shape index (κ1) is 43.4. The molecule has 0 aromatic carbocycles. The maximum absolute atomic E-state index is 12.5. The average molecular weight is 636 g/mol. The number of likely N-dealkylation sites (N-methyl/N-ethyl adjacent to an activating group) is 1. The lowest BCUT2D eigenvalue weighted by Gasteiger charge is -2.17. The fourth-order valence-corrected chi connectivity index (χ4v) is 6.11. The van der Waals surface area contributed by atoms with E-state index in [4.69, 9.17) is 0 Å². The predicted molar refractivity (Wildman–Crippen MR) is 193 cm³/mol. The van der Waals surface area contributed by atoms with Crippen molar-refractivity contribution in [2.75, 3.05) is 13.6 Å². The Bertz CT molecular complexity index is 670. The van der Waals surface area contributed by atoms with Gasteiger partial charge < -0.3 is 16.0 Å². The van der Waals surface area contributed by atoms with Gasteiger partial charge in [0.15, 0.2) is 0 Å². The molecule has 0 saturated carbocycles. The van der Waals surface area contributed by atoms with Crippen molar-refractivity contribution in [2.45, 2.75) is 219 Å². The molecule has 0 bridgehead atoms. The minimum absolute atomic E-state index is 0.0298. The van der Waals surface area contributed by atoms with Crippen LogP contribution in [0.5, 0.6) is 0 Å². The van der Waals surface area contributed by atoms with Crippen LogP contribution in [0.25, 0.3) is 0 Å². The normalized spacial score (nSPS) is 11.8. The number of nitrogens with one attached hydrogen (secondary N) is 3. The molecule has 0 aliphatic heterocycles. The molecule has 266 valence electrons. The van der Waals surface area contributed by atoms with E-state index >= 15 is 0 Å². The third-order valence-electron chi connectivity index (χ3n) is 9.15. The number of rotatable bonds is 35. The molecule has 0 aromatic rings. The van der Waals surface area contributed by atoms with Crippen LogP contribution in [-0.4, -0.2) is 37.4 Å². The van der Waals surface area contributed by atoms with E-state index in [0.29, 0.717) is 25.8 Å². The second-order valence-electron chi connectivity index (χ2n) is 13.6. The maximum atomic E-state index is 12.5. The van der Waals surface area contributed by atoms with Crippen molar-refractivity contribution in [3.63, 3.8) is 0 Å². The number of unbranched alkanes of at least 4 members (excludes halogenated alkanes) is 25. The van der Waals surface area contributed by atoms with E-state index in [-0.39, 0.29) is 17.7 Å². The molecule has 0 aliphatic carbocycles. The molecule has 6 nitrogen and oxygen atoms in total. The van der Waals surface area contributed by atoms with Gasteiger partial charge in [-0.3, -0.25) is 14.4 Å². The fraction of sp³-hybridized carbons (Fsp3) is 0.923. The van der Waals surface area contributed by atoms with Crippen LogP contribution in [-0.2, 0) is 14.4 Å². The highest BCUT2D eigenvalue weighted by Crippen LogP contribution is 2.14. The van der Waals surface area contributed by atoms with Gasteiger partial charge in [0.2, 0.25) is 17.7 Å². The summed E-state index contributed by atoms with van der Waals surface area (Å²) < 4.78 is 0. The minimum atomic E-state index is -0.494. The zero-order chi connectivity index (χ0) is 33.1. The highest BCUT2D eigenvalue weighted by molar-refractivity contribution is 5.87. The zero-order valence-corrected chi connectivity index (χ0v) is 30.4. The van der Waals surface area contributed by atoms with Crippen molar-refractivity contribution in [3.05, 3.63) is 0 Å². The molecule has 0 rings (SSSR count). The van der Waals surface area contributed by atoms with Crippen molar-refractivity contribution in [2.24, 2.45) is 0 Å². The molecule has 0 heterocycles. The molecule has 0 fully saturated rings. The minimum Gasteiger partial charge on any atom is -0.357 e. The molecular formula is C39H77N3O3. The standard InChI is InChI=1S/C39H77N3O3/c1-4-6-8-10-12-14-16-18-20-22-24-26-28-33-37(43)41-35-31-30-32-36(39(45)40-3)42-38(44)34-29-27-25-23-21-19-17-15-13-11-9-7-5-2/h36H,4-35H2,1-3H3,(H,40,45)(H,41,43)(H,42,44). The van der Waals surface area contributed by atoms with Gasteiger partial charge in [0.05, 0.1) is 0 Å². The van der Waals surface area contributed by atoms with Crippen molar-refractivity contribution < 1.29 is 14.4 Å². The third kappa shape index (κ3) is 32.2. The number of hydrogen-bond acceptors (Lipinski definition) is 3. The van der Waals surface area contributed by atoms with Gasteiger partial charge >= 0.3 is 0 Å². The van der Waals surface area contributed by atoms with Crippen molar-refractivity contribution in [1.82, 2.24) is 16.0 Å². The molecule has 3 N–H and O–H groups in total. The fourth-order valence-electron chi connectivity index (χ4n) is 6.11. The Balaban J connectivity index is 3.71. The lowest BCUT2D eigenvalue weighted by Crippen LogP contribution is -2.45. The summed E-state index contributed by atoms with van der Waals surface area (Å²) in [6.45, 7) is 5.16. The topological polar surface area (TPSA) is 87.3 Å². The van der Waals surface area contributed by atoms with Gasteiger partial charge in [0.1, 0.15) is 6.04 Å². The van der Waals surface area contributed by atoms with Crippen molar-refractivity contribution >= 4 is 17.7 Å². The SMILES string of the molecule is CCCCCCCCCCCCCCCC(=O)NCCCCC(NC(=O)CCCCCCCCCCCCCCC)C(=O)NC. The van der Waals surface area contributed by atoms with E-state index in [1.165, 1.54) is 141 Å². The van der Waals surface area contributed by atoms with Gasteiger partial charge in [-0.2, -0.15) is 0 Å². The Morgan fingerprint density at radius 1 is 0.444 bits per heavy atom. The van der Waals surface area contributed by atoms with E-state index in [1.54, 1.807) is 7.05 Å². The first-order valence-electron chi connectivity index (χ1n) is 19.8. The van der Waals surface area contributed by atoms with E-state index < -0.39 is 6.04 Å². The van der Waals surface area contributed by atoms with Crippen LogP contribution in [0.15, 0.2) is 0 Å². The van der Waals surface area contributed by atoms with Crippen LogP contribution in [0.4, 0.5) is 0 Å².